The zero-order chi connectivity index (χ0) is 19.6. The van der Waals surface area contributed by atoms with Gasteiger partial charge in [0, 0.05) is 43.6 Å². The largest absolute Gasteiger partial charge is 0.486 e. The van der Waals surface area contributed by atoms with Gasteiger partial charge in [-0.25, -0.2) is 0 Å². The van der Waals surface area contributed by atoms with Crippen LogP contribution in [0, 0.1) is 0 Å². The Morgan fingerprint density at radius 1 is 0.931 bits per heavy atom. The number of nitrogens with one attached hydrogen (secondary N) is 1. The van der Waals surface area contributed by atoms with Crippen molar-refractivity contribution in [1.82, 2.24) is 4.90 Å². The molecule has 152 valence electrons. The minimum absolute atomic E-state index is 0.0347. The summed E-state index contributed by atoms with van der Waals surface area (Å²) in [5.74, 6) is 1.43. The van der Waals surface area contributed by atoms with E-state index in [0.29, 0.717) is 25.4 Å². The van der Waals surface area contributed by atoms with E-state index in [2.05, 4.69) is 27.2 Å². The Morgan fingerprint density at radius 3 is 2.38 bits per heavy atom. The molecule has 0 spiro atoms. The molecule has 6 heteroatoms. The number of benzene rings is 2. The number of anilines is 2. The van der Waals surface area contributed by atoms with Crippen molar-refractivity contribution in [2.45, 2.75) is 25.3 Å². The first kappa shape index (κ1) is 18.3. The highest BCUT2D eigenvalue weighted by molar-refractivity contribution is 5.92. The van der Waals surface area contributed by atoms with Gasteiger partial charge in [0.05, 0.1) is 6.42 Å². The zero-order valence-corrected chi connectivity index (χ0v) is 16.6. The fourth-order valence-electron chi connectivity index (χ4n) is 4.13. The lowest BCUT2D eigenvalue weighted by molar-refractivity contribution is -0.115. The molecule has 1 saturated carbocycles. The topological polar surface area (TPSA) is 54.0 Å². The molecule has 6 nitrogen and oxygen atoms in total. The molecule has 2 fully saturated rings. The van der Waals surface area contributed by atoms with Crippen molar-refractivity contribution in [3.63, 3.8) is 0 Å². The second-order valence-corrected chi connectivity index (χ2v) is 8.00. The molecule has 1 N–H and O–H groups in total. The van der Waals surface area contributed by atoms with E-state index >= 15 is 0 Å². The second kappa shape index (κ2) is 7.95. The summed E-state index contributed by atoms with van der Waals surface area (Å²) in [6, 6.07) is 14.7. The predicted octanol–water partition coefficient (Wildman–Crippen LogP) is 2.92. The first-order chi connectivity index (χ1) is 14.2. The highest BCUT2D eigenvalue weighted by Gasteiger charge is 2.31. The summed E-state index contributed by atoms with van der Waals surface area (Å²) in [5.41, 5.74) is 2.97. The minimum Gasteiger partial charge on any atom is -0.486 e. The maximum atomic E-state index is 12.4. The van der Waals surface area contributed by atoms with Gasteiger partial charge in [-0.1, -0.05) is 6.07 Å². The molecular weight excluding hydrogens is 366 g/mol. The second-order valence-electron chi connectivity index (χ2n) is 8.00. The van der Waals surface area contributed by atoms with Crippen LogP contribution in [0.25, 0.3) is 0 Å². The summed E-state index contributed by atoms with van der Waals surface area (Å²) in [5, 5.41) is 2.99. The Balaban J connectivity index is 1.15. The van der Waals surface area contributed by atoms with Gasteiger partial charge in [-0.15, -0.1) is 0 Å². The SMILES string of the molecule is O=C(Cc1ccc2c(c1)OCCO2)Nc1ccc(N2CCN(C3CC3)CC2)cc1. The van der Waals surface area contributed by atoms with Crippen LogP contribution in [0.3, 0.4) is 0 Å². The van der Waals surface area contributed by atoms with Crippen molar-refractivity contribution < 1.29 is 14.3 Å². The number of amides is 1. The van der Waals surface area contributed by atoms with E-state index in [9.17, 15) is 4.79 Å². The maximum absolute atomic E-state index is 12.4. The zero-order valence-electron chi connectivity index (χ0n) is 16.6. The van der Waals surface area contributed by atoms with Gasteiger partial charge < -0.3 is 19.7 Å². The van der Waals surface area contributed by atoms with Gasteiger partial charge >= 0.3 is 0 Å². The van der Waals surface area contributed by atoms with Crippen LogP contribution in [0.1, 0.15) is 18.4 Å². The average molecular weight is 393 g/mol. The van der Waals surface area contributed by atoms with E-state index in [0.717, 1.165) is 49.2 Å². The molecule has 1 amide bonds. The van der Waals surface area contributed by atoms with Crippen LogP contribution in [0.5, 0.6) is 11.5 Å². The van der Waals surface area contributed by atoms with Crippen LogP contribution in [0.4, 0.5) is 11.4 Å². The lowest BCUT2D eigenvalue weighted by Gasteiger charge is -2.36. The maximum Gasteiger partial charge on any atom is 0.228 e. The molecule has 2 aliphatic heterocycles. The molecule has 1 saturated heterocycles. The van der Waals surface area contributed by atoms with E-state index in [1.165, 1.54) is 18.5 Å². The van der Waals surface area contributed by atoms with Crippen LogP contribution in [0.15, 0.2) is 42.5 Å². The van der Waals surface area contributed by atoms with Gasteiger partial charge in [-0.2, -0.15) is 0 Å². The van der Waals surface area contributed by atoms with E-state index in [1.807, 2.05) is 30.3 Å². The first-order valence-corrected chi connectivity index (χ1v) is 10.5. The Labute approximate surface area is 171 Å². The standard InChI is InChI=1S/C23H27N3O3/c27-23(16-17-1-8-21-22(15-17)29-14-13-28-21)24-18-2-4-19(5-3-18)25-9-11-26(12-10-25)20-6-7-20/h1-5,8,15,20H,6-7,9-14,16H2,(H,24,27). The fourth-order valence-corrected chi connectivity index (χ4v) is 4.13. The third-order valence-electron chi connectivity index (χ3n) is 5.87. The van der Waals surface area contributed by atoms with Crippen molar-refractivity contribution >= 4 is 17.3 Å². The molecule has 2 aromatic rings. The molecule has 0 atom stereocenters. The molecule has 29 heavy (non-hydrogen) atoms. The molecule has 0 unspecified atom stereocenters. The summed E-state index contributed by atoms with van der Waals surface area (Å²) in [7, 11) is 0. The smallest absolute Gasteiger partial charge is 0.228 e. The average Bonchev–Trinajstić information content (AvgIpc) is 3.60. The van der Waals surface area contributed by atoms with Crippen LogP contribution < -0.4 is 19.7 Å². The molecule has 0 radical (unpaired) electrons. The summed E-state index contributed by atoms with van der Waals surface area (Å²) < 4.78 is 11.1. The quantitative estimate of drug-likeness (QED) is 0.847. The Morgan fingerprint density at radius 2 is 1.66 bits per heavy atom. The molecular formula is C23H27N3O3. The van der Waals surface area contributed by atoms with Gasteiger partial charge in [0.25, 0.3) is 0 Å². The molecule has 3 aliphatic rings. The number of ether oxygens (including phenoxy) is 2. The first-order valence-electron chi connectivity index (χ1n) is 10.5. The fraction of sp³-hybridized carbons (Fsp3) is 0.435. The van der Waals surface area contributed by atoms with Crippen molar-refractivity contribution in [1.29, 1.82) is 0 Å². The Hall–Kier alpha value is -2.73. The molecule has 1 aliphatic carbocycles. The van der Waals surface area contributed by atoms with E-state index in [-0.39, 0.29) is 5.91 Å². The van der Waals surface area contributed by atoms with Crippen LogP contribution in [-0.2, 0) is 11.2 Å². The number of rotatable bonds is 5. The number of fused-ring (bicyclic) bond motifs is 1. The van der Waals surface area contributed by atoms with Crippen molar-refractivity contribution in [3.05, 3.63) is 48.0 Å². The molecule has 0 aromatic heterocycles. The monoisotopic (exact) mass is 393 g/mol. The van der Waals surface area contributed by atoms with Gasteiger partial charge in [0.15, 0.2) is 11.5 Å². The number of carbonyl (C=O) groups is 1. The number of carbonyl (C=O) groups excluding carboxylic acids is 1. The normalized spacial score (nSPS) is 19.1. The van der Waals surface area contributed by atoms with Crippen molar-refractivity contribution in [2.24, 2.45) is 0 Å². The third kappa shape index (κ3) is 4.32. The van der Waals surface area contributed by atoms with Gasteiger partial charge in [0.2, 0.25) is 5.91 Å². The van der Waals surface area contributed by atoms with Crippen LogP contribution in [-0.4, -0.2) is 56.2 Å². The molecule has 0 bridgehead atoms. The van der Waals surface area contributed by atoms with E-state index in [4.69, 9.17) is 9.47 Å². The van der Waals surface area contributed by atoms with Crippen LogP contribution >= 0.6 is 0 Å². The van der Waals surface area contributed by atoms with Gasteiger partial charge in [0.1, 0.15) is 13.2 Å². The number of piperazine rings is 1. The lowest BCUT2D eigenvalue weighted by atomic mass is 10.1. The molecule has 2 heterocycles. The highest BCUT2D eigenvalue weighted by Crippen LogP contribution is 2.31. The molecule has 5 rings (SSSR count). The van der Waals surface area contributed by atoms with Crippen molar-refractivity contribution in [2.75, 3.05) is 49.6 Å². The van der Waals surface area contributed by atoms with Crippen molar-refractivity contribution in [3.8, 4) is 11.5 Å². The summed E-state index contributed by atoms with van der Waals surface area (Å²) in [6.07, 6.45) is 3.06. The highest BCUT2D eigenvalue weighted by atomic mass is 16.6. The summed E-state index contributed by atoms with van der Waals surface area (Å²) in [4.78, 5) is 17.5. The number of hydrogen-bond acceptors (Lipinski definition) is 5. The summed E-state index contributed by atoms with van der Waals surface area (Å²) >= 11 is 0. The Kier molecular flexibility index (Phi) is 5.02. The number of hydrogen-bond donors (Lipinski definition) is 1. The number of nitrogens with zero attached hydrogens (tertiary/aromatic N) is 2. The molecule has 2 aromatic carbocycles. The lowest BCUT2D eigenvalue weighted by Crippen LogP contribution is -2.47. The summed E-state index contributed by atoms with van der Waals surface area (Å²) in [6.45, 7) is 5.57. The minimum atomic E-state index is -0.0347. The third-order valence-corrected chi connectivity index (χ3v) is 5.87. The van der Waals surface area contributed by atoms with Crippen LogP contribution in [0.2, 0.25) is 0 Å². The van der Waals surface area contributed by atoms with E-state index < -0.39 is 0 Å². The Bertz CT molecular complexity index is 871. The van der Waals surface area contributed by atoms with E-state index in [1.54, 1.807) is 0 Å². The predicted molar refractivity (Wildman–Crippen MR) is 113 cm³/mol. The van der Waals surface area contributed by atoms with Gasteiger partial charge in [-0.3, -0.25) is 9.69 Å². The van der Waals surface area contributed by atoms with Gasteiger partial charge in [-0.05, 0) is 54.8 Å².